The van der Waals surface area contributed by atoms with Crippen LogP contribution in [0.4, 0.5) is 0 Å². The fraction of sp³-hybridized carbons (Fsp3) is 0.381. The number of ether oxygens (including phenoxy) is 1. The Labute approximate surface area is 180 Å². The fourth-order valence-corrected chi connectivity index (χ4v) is 4.47. The summed E-state index contributed by atoms with van der Waals surface area (Å²) < 4.78 is 33.6. The van der Waals surface area contributed by atoms with Crippen LogP contribution in [0.1, 0.15) is 48.5 Å². The number of amides is 1. The van der Waals surface area contributed by atoms with Gasteiger partial charge in [-0.05, 0) is 70.6 Å². The molecule has 2 N–H and O–H groups in total. The van der Waals surface area contributed by atoms with E-state index in [2.05, 4.69) is 39.8 Å². The number of hydrogen-bond donors (Lipinski definition) is 2. The van der Waals surface area contributed by atoms with Gasteiger partial charge in [-0.15, -0.1) is 0 Å². The summed E-state index contributed by atoms with van der Waals surface area (Å²) in [5.41, 5.74) is 1.51. The zero-order valence-corrected chi connectivity index (χ0v) is 18.8. The predicted molar refractivity (Wildman–Crippen MR) is 116 cm³/mol. The zero-order chi connectivity index (χ0) is 21.0. The van der Waals surface area contributed by atoms with E-state index in [1.807, 2.05) is 24.3 Å². The molecule has 0 aliphatic heterocycles. The summed E-state index contributed by atoms with van der Waals surface area (Å²) >= 11 is 3.32. The van der Waals surface area contributed by atoms with Gasteiger partial charge >= 0.3 is 0 Å². The molecule has 0 unspecified atom stereocenters. The maximum Gasteiger partial charge on any atom is 0.252 e. The van der Waals surface area contributed by atoms with Crippen LogP contribution in [0.15, 0.2) is 51.8 Å². The number of nitrogens with one attached hydrogen (secondary N) is 2. The molecule has 1 aliphatic carbocycles. The summed E-state index contributed by atoms with van der Waals surface area (Å²) in [6.07, 6.45) is 1.70. The monoisotopic (exact) mass is 480 g/mol. The average Bonchev–Trinajstić information content (AvgIpc) is 3.49. The van der Waals surface area contributed by atoms with Crippen LogP contribution in [0.25, 0.3) is 0 Å². The van der Waals surface area contributed by atoms with Gasteiger partial charge in [0.15, 0.2) is 0 Å². The number of sulfonamides is 1. The molecular weight excluding hydrogens is 456 g/mol. The number of carbonyl (C=O) groups excluding carboxylic acids is 1. The first-order chi connectivity index (χ1) is 13.8. The summed E-state index contributed by atoms with van der Waals surface area (Å²) in [7, 11) is -3.62. The summed E-state index contributed by atoms with van der Waals surface area (Å²) in [5, 5.41) is 2.76. The van der Waals surface area contributed by atoms with Gasteiger partial charge < -0.3 is 10.1 Å². The van der Waals surface area contributed by atoms with E-state index in [0.717, 1.165) is 18.6 Å². The van der Waals surface area contributed by atoms with Crippen molar-refractivity contribution in [1.29, 1.82) is 0 Å². The van der Waals surface area contributed by atoms with Crippen molar-refractivity contribution in [3.8, 4) is 5.75 Å². The van der Waals surface area contributed by atoms with Crippen molar-refractivity contribution in [1.82, 2.24) is 10.0 Å². The number of halogens is 1. The largest absolute Gasteiger partial charge is 0.492 e. The summed E-state index contributed by atoms with van der Waals surface area (Å²) in [5.74, 6) is 0.837. The Balaban J connectivity index is 1.55. The molecule has 0 heterocycles. The summed E-state index contributed by atoms with van der Waals surface area (Å²) in [6, 6.07) is 12.3. The zero-order valence-electron chi connectivity index (χ0n) is 16.4. The lowest BCUT2D eigenvalue weighted by Gasteiger charge is -2.11. The van der Waals surface area contributed by atoms with Crippen LogP contribution in [0, 0.1) is 0 Å². The number of benzene rings is 2. The maximum absolute atomic E-state index is 12.5. The molecule has 0 saturated heterocycles. The highest BCUT2D eigenvalue weighted by Crippen LogP contribution is 2.25. The molecule has 0 aromatic heterocycles. The Bertz CT molecular complexity index is 971. The smallest absolute Gasteiger partial charge is 0.252 e. The molecule has 2 aromatic carbocycles. The molecule has 0 radical (unpaired) electrons. The van der Waals surface area contributed by atoms with Crippen molar-refractivity contribution in [2.24, 2.45) is 0 Å². The molecule has 156 valence electrons. The van der Waals surface area contributed by atoms with Crippen molar-refractivity contribution in [2.45, 2.75) is 43.5 Å². The van der Waals surface area contributed by atoms with E-state index in [4.69, 9.17) is 4.74 Å². The van der Waals surface area contributed by atoms with E-state index in [-0.39, 0.29) is 22.4 Å². The molecule has 1 fully saturated rings. The molecule has 29 heavy (non-hydrogen) atoms. The minimum atomic E-state index is -3.62. The molecule has 3 rings (SSSR count). The number of carbonyl (C=O) groups is 1. The minimum Gasteiger partial charge on any atom is -0.492 e. The van der Waals surface area contributed by atoms with Gasteiger partial charge in [-0.2, -0.15) is 0 Å². The second-order valence-corrected chi connectivity index (χ2v) is 9.93. The van der Waals surface area contributed by atoms with Gasteiger partial charge in [0, 0.05) is 10.5 Å². The molecule has 6 nitrogen and oxygen atoms in total. The first-order valence-electron chi connectivity index (χ1n) is 9.59. The number of rotatable bonds is 9. The topological polar surface area (TPSA) is 84.5 Å². The van der Waals surface area contributed by atoms with Crippen molar-refractivity contribution < 1.29 is 17.9 Å². The van der Waals surface area contributed by atoms with E-state index in [1.54, 1.807) is 6.07 Å². The third-order valence-electron chi connectivity index (χ3n) is 4.60. The molecule has 0 spiro atoms. The first-order valence-corrected chi connectivity index (χ1v) is 11.9. The Morgan fingerprint density at radius 3 is 2.48 bits per heavy atom. The van der Waals surface area contributed by atoms with Crippen LogP contribution in [-0.2, 0) is 10.0 Å². The van der Waals surface area contributed by atoms with E-state index in [9.17, 15) is 13.2 Å². The molecule has 0 atom stereocenters. The van der Waals surface area contributed by atoms with Gasteiger partial charge in [-0.25, -0.2) is 13.1 Å². The number of hydrogen-bond acceptors (Lipinski definition) is 4. The molecule has 1 amide bonds. The fourth-order valence-electron chi connectivity index (χ4n) is 2.71. The third-order valence-corrected chi connectivity index (χ3v) is 6.80. The highest BCUT2D eigenvalue weighted by Gasteiger charge is 2.28. The summed E-state index contributed by atoms with van der Waals surface area (Å²) in [4.78, 5) is 12.6. The highest BCUT2D eigenvalue weighted by molar-refractivity contribution is 9.10. The lowest BCUT2D eigenvalue weighted by molar-refractivity contribution is 0.0946. The Morgan fingerprint density at radius 2 is 1.86 bits per heavy atom. The van der Waals surface area contributed by atoms with Crippen LogP contribution in [0.2, 0.25) is 0 Å². The summed E-state index contributed by atoms with van der Waals surface area (Å²) in [6.45, 7) is 4.87. The Hall–Kier alpha value is -1.90. The Kier molecular flexibility index (Phi) is 6.97. The lowest BCUT2D eigenvalue weighted by atomic mass is 10.0. The normalized spacial score (nSPS) is 14.1. The van der Waals surface area contributed by atoms with Crippen LogP contribution in [0.3, 0.4) is 0 Å². The maximum atomic E-state index is 12.5. The van der Waals surface area contributed by atoms with Crippen molar-refractivity contribution in [2.75, 3.05) is 13.2 Å². The van der Waals surface area contributed by atoms with Crippen LogP contribution >= 0.6 is 15.9 Å². The molecule has 1 aliphatic rings. The lowest BCUT2D eigenvalue weighted by Crippen LogP contribution is -2.29. The second-order valence-electron chi connectivity index (χ2n) is 7.37. The van der Waals surface area contributed by atoms with Gasteiger partial charge in [0.1, 0.15) is 12.4 Å². The molecule has 2 aromatic rings. The van der Waals surface area contributed by atoms with Gasteiger partial charge in [-0.1, -0.05) is 26.0 Å². The van der Waals surface area contributed by atoms with Gasteiger partial charge in [0.2, 0.25) is 10.0 Å². The molecule has 0 bridgehead atoms. The van der Waals surface area contributed by atoms with Crippen LogP contribution < -0.4 is 14.8 Å². The van der Waals surface area contributed by atoms with Crippen molar-refractivity contribution in [3.05, 3.63) is 58.1 Å². The quantitative estimate of drug-likeness (QED) is 0.534. The van der Waals surface area contributed by atoms with Gasteiger partial charge in [-0.3, -0.25) is 4.79 Å². The van der Waals surface area contributed by atoms with Gasteiger partial charge in [0.05, 0.1) is 17.0 Å². The minimum absolute atomic E-state index is 0.00711. The van der Waals surface area contributed by atoms with E-state index >= 15 is 0 Å². The predicted octanol–water partition coefficient (Wildman–Crippen LogP) is 3.82. The standard InChI is InChI=1S/C21H25BrN2O4S/c1-14(2)15-3-7-17(8-4-15)28-12-11-23-21(25)19-13-18(9-10-20(19)22)29(26,27)24-16-5-6-16/h3-4,7-10,13-14,16,24H,5-6,11-12H2,1-2H3,(H,23,25). The van der Waals surface area contributed by atoms with Crippen molar-refractivity contribution in [3.63, 3.8) is 0 Å². The molecular formula is C21H25BrN2O4S. The van der Waals surface area contributed by atoms with Gasteiger partial charge in [0.25, 0.3) is 5.91 Å². The van der Waals surface area contributed by atoms with Crippen LogP contribution in [0.5, 0.6) is 5.75 Å². The van der Waals surface area contributed by atoms with E-state index < -0.39 is 10.0 Å². The average molecular weight is 481 g/mol. The van der Waals surface area contributed by atoms with E-state index in [0.29, 0.717) is 23.5 Å². The van der Waals surface area contributed by atoms with Crippen molar-refractivity contribution >= 4 is 31.9 Å². The first kappa shape index (κ1) is 21.8. The molecule has 1 saturated carbocycles. The van der Waals surface area contributed by atoms with E-state index in [1.165, 1.54) is 17.7 Å². The Morgan fingerprint density at radius 1 is 1.17 bits per heavy atom. The third kappa shape index (κ3) is 6.04. The second kappa shape index (κ2) is 9.28. The highest BCUT2D eigenvalue weighted by atomic mass is 79.9. The van der Waals surface area contributed by atoms with Crippen LogP contribution in [-0.4, -0.2) is 33.5 Å². The SMILES string of the molecule is CC(C)c1ccc(OCCNC(=O)c2cc(S(=O)(=O)NC3CC3)ccc2Br)cc1. The molecule has 8 heteroatoms.